The maximum absolute atomic E-state index is 11.9. The van der Waals surface area contributed by atoms with E-state index in [4.69, 9.17) is 0 Å². The molecule has 0 radical (unpaired) electrons. The molecule has 1 aliphatic heterocycles. The summed E-state index contributed by atoms with van der Waals surface area (Å²) < 4.78 is 2.71. The minimum Gasteiger partial charge on any atom is -0.307 e. The summed E-state index contributed by atoms with van der Waals surface area (Å²) in [4.78, 5) is 14.3. The van der Waals surface area contributed by atoms with Crippen molar-refractivity contribution < 1.29 is 4.79 Å². The second-order valence-electron chi connectivity index (χ2n) is 7.55. The highest BCUT2D eigenvalue weighted by Crippen LogP contribution is 2.38. The molecular formula is C21H31N3OS. The molecule has 26 heavy (non-hydrogen) atoms. The summed E-state index contributed by atoms with van der Waals surface area (Å²) in [5.41, 5.74) is 6.68. The molecule has 2 amide bonds. The van der Waals surface area contributed by atoms with E-state index < -0.39 is 0 Å². The second-order valence-corrected chi connectivity index (χ2v) is 8.32. The van der Waals surface area contributed by atoms with Gasteiger partial charge in [0.05, 0.1) is 0 Å². The molecule has 0 spiro atoms. The summed E-state index contributed by atoms with van der Waals surface area (Å²) in [5, 5.41) is 4.67. The van der Waals surface area contributed by atoms with Gasteiger partial charge in [0.2, 0.25) is 0 Å². The number of likely N-dealkylation sites (tertiary alicyclic amines) is 1. The van der Waals surface area contributed by atoms with Gasteiger partial charge >= 0.3 is 6.03 Å². The first kappa shape index (κ1) is 19.3. The molecule has 142 valence electrons. The summed E-state index contributed by atoms with van der Waals surface area (Å²) in [6.45, 7) is 7.17. The molecule has 2 N–H and O–H groups in total. The number of hydrogen-bond acceptors (Lipinski definition) is 3. The molecule has 1 fully saturated rings. The lowest BCUT2D eigenvalue weighted by molar-refractivity contribution is 0.257. The summed E-state index contributed by atoms with van der Waals surface area (Å²) in [5.74, 6) is 0. The van der Waals surface area contributed by atoms with E-state index in [9.17, 15) is 4.79 Å². The molecule has 4 rings (SSSR count). The second kappa shape index (κ2) is 8.96. The van der Waals surface area contributed by atoms with Crippen molar-refractivity contribution in [3.8, 4) is 0 Å². The number of urea groups is 1. The van der Waals surface area contributed by atoms with Gasteiger partial charge in [0.15, 0.2) is 0 Å². The SMILES string of the molecule is C=CSNC(=O)Nc1c2c(cc3c1CCC3)CCC2.CC1CCCN1C. The van der Waals surface area contributed by atoms with Gasteiger partial charge in [-0.15, -0.1) is 0 Å². The maximum atomic E-state index is 11.9. The molecule has 1 saturated heterocycles. The zero-order valence-electron chi connectivity index (χ0n) is 16.1. The van der Waals surface area contributed by atoms with Gasteiger partial charge in [-0.3, -0.25) is 4.72 Å². The van der Waals surface area contributed by atoms with Crippen LogP contribution >= 0.6 is 11.9 Å². The standard InChI is InChI=1S/C15H18N2OS.C6H13N/c1-2-19-17-15(18)16-14-12-7-3-5-10(12)9-11-6-4-8-13(11)14;1-6-4-3-5-7(6)2/h2,9H,1,3-8H2,(H2,16,17,18);6H,3-5H2,1-2H3. The van der Waals surface area contributed by atoms with Gasteiger partial charge in [-0.05, 0) is 111 Å². The third-order valence-corrected chi connectivity index (χ3v) is 6.30. The first-order chi connectivity index (χ1) is 12.6. The normalized spacial score (nSPS) is 20.8. The monoisotopic (exact) mass is 373 g/mol. The minimum atomic E-state index is -0.153. The van der Waals surface area contributed by atoms with Crippen LogP contribution in [-0.2, 0) is 25.7 Å². The molecule has 2 aliphatic carbocycles. The lowest BCUT2D eigenvalue weighted by Gasteiger charge is -2.16. The van der Waals surface area contributed by atoms with Gasteiger partial charge in [0.25, 0.3) is 0 Å². The number of amides is 2. The number of aryl methyl sites for hydroxylation is 2. The van der Waals surface area contributed by atoms with Crippen LogP contribution in [0, 0.1) is 0 Å². The third kappa shape index (κ3) is 4.44. The van der Waals surface area contributed by atoms with Crippen LogP contribution in [0.25, 0.3) is 0 Å². The lowest BCUT2D eigenvalue weighted by atomic mass is 9.99. The minimum absolute atomic E-state index is 0.153. The molecule has 1 heterocycles. The van der Waals surface area contributed by atoms with E-state index in [1.165, 1.54) is 66.4 Å². The summed E-state index contributed by atoms with van der Waals surface area (Å²) in [6.07, 6.45) is 9.69. The summed E-state index contributed by atoms with van der Waals surface area (Å²) in [7, 11) is 2.19. The topological polar surface area (TPSA) is 44.4 Å². The van der Waals surface area contributed by atoms with Crippen LogP contribution in [0.2, 0.25) is 0 Å². The average Bonchev–Trinajstić information content (AvgIpc) is 3.35. The van der Waals surface area contributed by atoms with E-state index in [1.54, 1.807) is 5.41 Å². The first-order valence-electron chi connectivity index (χ1n) is 9.80. The largest absolute Gasteiger partial charge is 0.329 e. The Bertz CT molecular complexity index is 633. The highest BCUT2D eigenvalue weighted by Gasteiger charge is 2.24. The Labute approximate surface area is 161 Å². The number of fused-ring (bicyclic) bond motifs is 2. The third-order valence-electron chi connectivity index (χ3n) is 5.83. The lowest BCUT2D eigenvalue weighted by Crippen LogP contribution is -2.23. The van der Waals surface area contributed by atoms with Crippen LogP contribution < -0.4 is 10.0 Å². The van der Waals surface area contributed by atoms with Crippen LogP contribution in [0.3, 0.4) is 0 Å². The molecule has 4 nitrogen and oxygen atoms in total. The summed E-state index contributed by atoms with van der Waals surface area (Å²) in [6, 6.07) is 3.06. The van der Waals surface area contributed by atoms with E-state index >= 15 is 0 Å². The van der Waals surface area contributed by atoms with E-state index in [2.05, 4.69) is 41.6 Å². The van der Waals surface area contributed by atoms with E-state index in [0.29, 0.717) is 0 Å². The predicted octanol–water partition coefficient (Wildman–Crippen LogP) is 4.68. The Morgan fingerprint density at radius 1 is 1.19 bits per heavy atom. The molecule has 0 bridgehead atoms. The Balaban J connectivity index is 0.000000236. The number of benzene rings is 1. The smallest absolute Gasteiger partial charge is 0.307 e. The Morgan fingerprint density at radius 3 is 2.31 bits per heavy atom. The maximum Gasteiger partial charge on any atom is 0.329 e. The molecular weight excluding hydrogens is 342 g/mol. The van der Waals surface area contributed by atoms with Gasteiger partial charge in [-0.1, -0.05) is 12.6 Å². The van der Waals surface area contributed by atoms with Gasteiger partial charge in [0.1, 0.15) is 0 Å². The Hall–Kier alpha value is -1.46. The van der Waals surface area contributed by atoms with E-state index in [1.807, 2.05) is 0 Å². The van der Waals surface area contributed by atoms with Crippen LogP contribution in [0.4, 0.5) is 10.5 Å². The van der Waals surface area contributed by atoms with Crippen molar-refractivity contribution in [2.75, 3.05) is 18.9 Å². The molecule has 1 unspecified atom stereocenters. The first-order valence-corrected chi connectivity index (χ1v) is 10.7. The van der Waals surface area contributed by atoms with Crippen LogP contribution in [-0.4, -0.2) is 30.6 Å². The zero-order chi connectivity index (χ0) is 18.5. The van der Waals surface area contributed by atoms with Crippen molar-refractivity contribution in [2.24, 2.45) is 0 Å². The number of nitrogens with one attached hydrogen (secondary N) is 2. The number of anilines is 1. The highest BCUT2D eigenvalue weighted by molar-refractivity contribution is 8.00. The van der Waals surface area contributed by atoms with Crippen LogP contribution in [0.15, 0.2) is 18.1 Å². The Kier molecular flexibility index (Phi) is 6.65. The molecule has 0 saturated carbocycles. The fraction of sp³-hybridized carbons (Fsp3) is 0.571. The fourth-order valence-electron chi connectivity index (χ4n) is 4.28. The van der Waals surface area contributed by atoms with Gasteiger partial charge < -0.3 is 10.2 Å². The molecule has 5 heteroatoms. The predicted molar refractivity (Wildman–Crippen MR) is 112 cm³/mol. The number of hydrogen-bond donors (Lipinski definition) is 2. The van der Waals surface area contributed by atoms with Gasteiger partial charge in [0, 0.05) is 11.7 Å². The number of carbonyl (C=O) groups excluding carboxylic acids is 1. The Morgan fingerprint density at radius 2 is 1.85 bits per heavy atom. The van der Waals surface area contributed by atoms with Crippen molar-refractivity contribution in [2.45, 2.75) is 64.3 Å². The van der Waals surface area contributed by atoms with Crippen molar-refractivity contribution in [1.82, 2.24) is 9.62 Å². The van der Waals surface area contributed by atoms with Crippen LogP contribution in [0.1, 0.15) is 54.9 Å². The average molecular weight is 374 g/mol. The molecule has 1 atom stereocenters. The summed E-state index contributed by atoms with van der Waals surface area (Å²) >= 11 is 1.20. The van der Waals surface area contributed by atoms with Gasteiger partial charge in [-0.2, -0.15) is 0 Å². The fourth-order valence-corrected chi connectivity index (χ4v) is 4.52. The molecule has 3 aliphatic rings. The zero-order valence-corrected chi connectivity index (χ0v) is 16.9. The number of rotatable bonds is 3. The van der Waals surface area contributed by atoms with Crippen molar-refractivity contribution >= 4 is 23.7 Å². The van der Waals surface area contributed by atoms with Crippen molar-refractivity contribution in [1.29, 1.82) is 0 Å². The molecule has 1 aromatic rings. The number of carbonyl (C=O) groups is 1. The van der Waals surface area contributed by atoms with Gasteiger partial charge in [-0.25, -0.2) is 4.79 Å². The highest BCUT2D eigenvalue weighted by atomic mass is 32.2. The van der Waals surface area contributed by atoms with Crippen LogP contribution in [0.5, 0.6) is 0 Å². The molecule has 1 aromatic carbocycles. The molecule has 0 aromatic heterocycles. The van der Waals surface area contributed by atoms with E-state index in [0.717, 1.165) is 37.4 Å². The van der Waals surface area contributed by atoms with Crippen molar-refractivity contribution in [3.63, 3.8) is 0 Å². The van der Waals surface area contributed by atoms with Crippen molar-refractivity contribution in [3.05, 3.63) is 40.3 Å². The quantitative estimate of drug-likeness (QED) is 0.756. The number of nitrogens with zero attached hydrogens (tertiary/aromatic N) is 1. The van der Waals surface area contributed by atoms with E-state index in [-0.39, 0.29) is 6.03 Å².